The zero-order valence-corrected chi connectivity index (χ0v) is 18.6. The Hall–Kier alpha value is -1.62. The van der Waals surface area contributed by atoms with E-state index in [1.807, 2.05) is 13.0 Å². The van der Waals surface area contributed by atoms with Crippen molar-refractivity contribution < 1.29 is 24.2 Å². The van der Waals surface area contributed by atoms with Crippen molar-refractivity contribution in [3.8, 4) is 0 Å². The van der Waals surface area contributed by atoms with Crippen molar-refractivity contribution in [2.24, 2.45) is 23.7 Å². The van der Waals surface area contributed by atoms with Gasteiger partial charge in [-0.3, -0.25) is 4.79 Å². The molecule has 0 saturated heterocycles. The van der Waals surface area contributed by atoms with Gasteiger partial charge in [0.25, 0.3) is 0 Å². The lowest BCUT2D eigenvalue weighted by Crippen LogP contribution is -2.24. The molecule has 0 radical (unpaired) electrons. The number of carbonyl (C=O) groups is 2. The van der Waals surface area contributed by atoms with Gasteiger partial charge in [-0.05, 0) is 69.6 Å². The van der Waals surface area contributed by atoms with E-state index in [0.717, 1.165) is 56.6 Å². The highest BCUT2D eigenvalue weighted by Gasteiger charge is 2.27. The Labute approximate surface area is 171 Å². The molecule has 2 aliphatic rings. The lowest BCUT2D eigenvalue weighted by molar-refractivity contribution is -0.147. The minimum absolute atomic E-state index is 0.0118. The lowest BCUT2D eigenvalue weighted by atomic mass is 9.77. The van der Waals surface area contributed by atoms with E-state index >= 15 is 0 Å². The summed E-state index contributed by atoms with van der Waals surface area (Å²) in [6, 6.07) is 0. The fourth-order valence-corrected chi connectivity index (χ4v) is 3.79. The van der Waals surface area contributed by atoms with Gasteiger partial charge in [0.1, 0.15) is 0 Å². The molecular formula is C23H40O5. The number of methoxy groups -OCH3 is 2. The monoisotopic (exact) mass is 396 g/mol. The molecular weight excluding hydrogens is 356 g/mol. The van der Waals surface area contributed by atoms with Gasteiger partial charge >= 0.3 is 11.9 Å². The fraction of sp³-hybridized carbons (Fsp3) is 0.739. The smallest absolute Gasteiger partial charge is 0.333 e. The second-order valence-corrected chi connectivity index (χ2v) is 7.92. The van der Waals surface area contributed by atoms with E-state index in [2.05, 4.69) is 25.2 Å². The molecule has 28 heavy (non-hydrogen) atoms. The number of esters is 2. The molecule has 0 aliphatic heterocycles. The van der Waals surface area contributed by atoms with Gasteiger partial charge in [-0.15, -0.1) is 0 Å². The highest BCUT2D eigenvalue weighted by Crippen LogP contribution is 2.33. The van der Waals surface area contributed by atoms with Gasteiger partial charge in [0.2, 0.25) is 0 Å². The number of hydrogen-bond donors (Lipinski definition) is 1. The van der Waals surface area contributed by atoms with Gasteiger partial charge in [0.05, 0.1) is 20.1 Å². The van der Waals surface area contributed by atoms with E-state index in [-0.39, 0.29) is 17.9 Å². The average molecular weight is 397 g/mol. The van der Waals surface area contributed by atoms with Gasteiger partial charge in [0, 0.05) is 12.7 Å². The molecule has 0 heterocycles. The van der Waals surface area contributed by atoms with E-state index in [1.54, 1.807) is 0 Å². The van der Waals surface area contributed by atoms with Crippen LogP contribution >= 0.6 is 0 Å². The number of allylic oxidation sites excluding steroid dienone is 2. The van der Waals surface area contributed by atoms with Crippen molar-refractivity contribution in [1.82, 2.24) is 0 Å². The molecule has 0 spiro atoms. The van der Waals surface area contributed by atoms with Crippen LogP contribution in [0.5, 0.6) is 0 Å². The minimum Gasteiger partial charge on any atom is -0.469 e. The standard InChI is InChI=1S/C11H20O2.C11H16O2.CH4O/c2*1-8(2)9-4-6-10(7-5-9)11(12)13-3;1-2/h8-10H,4-7H2,1-3H3;6,9H,1,4-5,7H2,2-3H3;2H,1H3/t;9-;/m.1./s1. The Morgan fingerprint density at radius 2 is 1.61 bits per heavy atom. The second kappa shape index (κ2) is 14.4. The van der Waals surface area contributed by atoms with Crippen molar-refractivity contribution in [1.29, 1.82) is 0 Å². The number of rotatable bonds is 4. The van der Waals surface area contributed by atoms with E-state index in [1.165, 1.54) is 32.6 Å². The Morgan fingerprint density at radius 1 is 1.04 bits per heavy atom. The molecule has 5 nitrogen and oxygen atoms in total. The van der Waals surface area contributed by atoms with Gasteiger partial charge < -0.3 is 14.6 Å². The molecule has 1 atom stereocenters. The molecule has 162 valence electrons. The molecule has 0 aromatic heterocycles. The molecule has 0 bridgehead atoms. The number of aliphatic hydroxyl groups is 1. The quantitative estimate of drug-likeness (QED) is 0.551. The first-order valence-corrected chi connectivity index (χ1v) is 10.2. The summed E-state index contributed by atoms with van der Waals surface area (Å²) in [5, 5.41) is 7.00. The predicted molar refractivity (Wildman–Crippen MR) is 113 cm³/mol. The minimum atomic E-state index is -0.180. The highest BCUT2D eigenvalue weighted by atomic mass is 16.5. The van der Waals surface area contributed by atoms with Crippen LogP contribution in [0.2, 0.25) is 0 Å². The van der Waals surface area contributed by atoms with E-state index in [0.29, 0.717) is 5.92 Å². The normalized spacial score (nSPS) is 23.9. The van der Waals surface area contributed by atoms with Crippen LogP contribution in [-0.2, 0) is 19.1 Å². The third-order valence-electron chi connectivity index (χ3n) is 5.80. The topological polar surface area (TPSA) is 72.8 Å². The third-order valence-corrected chi connectivity index (χ3v) is 5.80. The van der Waals surface area contributed by atoms with Crippen LogP contribution in [0, 0.1) is 23.7 Å². The van der Waals surface area contributed by atoms with Crippen molar-refractivity contribution >= 4 is 11.9 Å². The van der Waals surface area contributed by atoms with Gasteiger partial charge in [0.15, 0.2) is 0 Å². The van der Waals surface area contributed by atoms with Crippen LogP contribution in [0.4, 0.5) is 0 Å². The number of aliphatic hydroxyl groups excluding tert-OH is 1. The molecule has 1 N–H and O–H groups in total. The highest BCUT2D eigenvalue weighted by molar-refractivity contribution is 5.88. The van der Waals surface area contributed by atoms with E-state index < -0.39 is 0 Å². The number of hydrogen-bond acceptors (Lipinski definition) is 5. The average Bonchev–Trinajstić information content (AvgIpc) is 2.74. The predicted octanol–water partition coefficient (Wildman–Crippen LogP) is 4.69. The summed E-state index contributed by atoms with van der Waals surface area (Å²) in [6.07, 6.45) is 9.19. The molecule has 5 heteroatoms. The maximum Gasteiger partial charge on any atom is 0.333 e. The van der Waals surface area contributed by atoms with Crippen molar-refractivity contribution in [3.63, 3.8) is 0 Å². The maximum absolute atomic E-state index is 11.2. The first-order chi connectivity index (χ1) is 13.3. The summed E-state index contributed by atoms with van der Waals surface area (Å²) in [5.41, 5.74) is 2.03. The van der Waals surface area contributed by atoms with Gasteiger partial charge in [-0.25, -0.2) is 4.79 Å². The molecule has 2 rings (SSSR count). The summed E-state index contributed by atoms with van der Waals surface area (Å²) in [4.78, 5) is 22.4. The molecule has 0 unspecified atom stereocenters. The van der Waals surface area contributed by atoms with Crippen LogP contribution in [-0.4, -0.2) is 38.4 Å². The SMILES string of the molecule is C=C(C)[C@@H]1CC=C(C(=O)OC)CC1.CO.COC(=O)C1CCC(C(C)C)CC1. The van der Waals surface area contributed by atoms with E-state index in [9.17, 15) is 9.59 Å². The Bertz CT molecular complexity index is 513. The first kappa shape index (κ1) is 26.4. The van der Waals surface area contributed by atoms with Crippen LogP contribution in [0.25, 0.3) is 0 Å². The molecule has 0 aromatic rings. The van der Waals surface area contributed by atoms with Gasteiger partial charge in [-0.1, -0.05) is 32.1 Å². The van der Waals surface area contributed by atoms with E-state index in [4.69, 9.17) is 9.84 Å². The summed E-state index contributed by atoms with van der Waals surface area (Å²) >= 11 is 0. The zero-order valence-electron chi connectivity index (χ0n) is 18.6. The number of ether oxygens (including phenoxy) is 2. The van der Waals surface area contributed by atoms with Crippen LogP contribution in [0.15, 0.2) is 23.8 Å². The summed E-state index contributed by atoms with van der Waals surface area (Å²) in [7, 11) is 3.91. The third kappa shape index (κ3) is 9.05. The maximum atomic E-state index is 11.2. The molecule has 1 fully saturated rings. The van der Waals surface area contributed by atoms with Crippen molar-refractivity contribution in [2.45, 2.75) is 65.7 Å². The summed E-state index contributed by atoms with van der Waals surface area (Å²) in [6.45, 7) is 10.5. The van der Waals surface area contributed by atoms with Crippen LogP contribution < -0.4 is 0 Å². The van der Waals surface area contributed by atoms with Gasteiger partial charge in [-0.2, -0.15) is 0 Å². The summed E-state index contributed by atoms with van der Waals surface area (Å²) in [5.74, 6) is 2.12. The Kier molecular flexibility index (Phi) is 13.6. The Balaban J connectivity index is 0.000000478. The first-order valence-electron chi connectivity index (χ1n) is 10.2. The molecule has 1 saturated carbocycles. The Morgan fingerprint density at radius 3 is 1.96 bits per heavy atom. The largest absolute Gasteiger partial charge is 0.469 e. The second-order valence-electron chi connectivity index (χ2n) is 7.92. The number of carbonyl (C=O) groups excluding carboxylic acids is 2. The summed E-state index contributed by atoms with van der Waals surface area (Å²) < 4.78 is 9.40. The molecule has 0 amide bonds. The fourth-order valence-electron chi connectivity index (χ4n) is 3.79. The van der Waals surface area contributed by atoms with Crippen LogP contribution in [0.3, 0.4) is 0 Å². The zero-order chi connectivity index (χ0) is 21.7. The van der Waals surface area contributed by atoms with Crippen molar-refractivity contribution in [3.05, 3.63) is 23.8 Å². The lowest BCUT2D eigenvalue weighted by Gasteiger charge is -2.29. The van der Waals surface area contributed by atoms with Crippen molar-refractivity contribution in [2.75, 3.05) is 21.3 Å². The molecule has 0 aromatic carbocycles. The van der Waals surface area contributed by atoms with Crippen LogP contribution in [0.1, 0.15) is 65.7 Å². The molecule has 2 aliphatic carbocycles.